The van der Waals surface area contributed by atoms with Gasteiger partial charge >= 0.3 is 0 Å². The van der Waals surface area contributed by atoms with E-state index in [4.69, 9.17) is 34.8 Å². The van der Waals surface area contributed by atoms with Gasteiger partial charge in [-0.1, -0.05) is 40.9 Å². The number of benzene rings is 2. The predicted molar refractivity (Wildman–Crippen MR) is 85.5 cm³/mol. The van der Waals surface area contributed by atoms with Crippen LogP contribution in [0.3, 0.4) is 0 Å². The Hall–Kier alpha value is -1.75. The molecule has 0 saturated carbocycles. The Labute approximate surface area is 135 Å². The molecule has 0 aliphatic heterocycles. The van der Waals surface area contributed by atoms with Crippen molar-refractivity contribution in [1.82, 2.24) is 10.2 Å². The van der Waals surface area contributed by atoms with Gasteiger partial charge < -0.3 is 5.32 Å². The first-order chi connectivity index (χ1) is 10.0. The number of hydrogen-bond acceptors (Lipinski definition) is 2. The molecule has 2 aromatic carbocycles. The summed E-state index contributed by atoms with van der Waals surface area (Å²) >= 11 is 17.8. The minimum atomic E-state index is -0.299. The van der Waals surface area contributed by atoms with Crippen LogP contribution in [0.25, 0.3) is 10.9 Å². The number of carbonyl (C=O) groups is 1. The average Bonchev–Trinajstić information content (AvgIpc) is 2.92. The molecule has 0 aliphatic carbocycles. The lowest BCUT2D eigenvalue weighted by Gasteiger charge is -2.09. The lowest BCUT2D eigenvalue weighted by Crippen LogP contribution is -2.12. The average molecular weight is 341 g/mol. The highest BCUT2D eigenvalue weighted by atomic mass is 35.5. The summed E-state index contributed by atoms with van der Waals surface area (Å²) < 4.78 is 0. The smallest absolute Gasteiger partial charge is 0.255 e. The lowest BCUT2D eigenvalue weighted by molar-refractivity contribution is 0.102. The Balaban J connectivity index is 1.90. The van der Waals surface area contributed by atoms with Crippen molar-refractivity contribution in [3.8, 4) is 0 Å². The Kier molecular flexibility index (Phi) is 3.76. The highest BCUT2D eigenvalue weighted by molar-refractivity contribution is 6.44. The van der Waals surface area contributed by atoms with Gasteiger partial charge in [0.1, 0.15) is 0 Å². The number of carbonyl (C=O) groups excluding carboxylic acids is 1. The van der Waals surface area contributed by atoms with Crippen LogP contribution in [0.5, 0.6) is 0 Å². The number of H-pyrrole nitrogens is 1. The Morgan fingerprint density at radius 1 is 1.05 bits per heavy atom. The summed E-state index contributed by atoms with van der Waals surface area (Å²) in [6, 6.07) is 8.23. The number of rotatable bonds is 2. The van der Waals surface area contributed by atoms with E-state index in [1.807, 2.05) is 6.07 Å². The molecule has 7 heteroatoms. The highest BCUT2D eigenvalue weighted by Crippen LogP contribution is 2.32. The standard InChI is InChI=1S/C14H8Cl3N3O/c15-9-4-11(17)13(5-10(9)16)19-14(21)7-1-2-8-6-18-20-12(8)3-7/h1-6H,(H,18,20)(H,19,21). The van der Waals surface area contributed by atoms with E-state index in [0.717, 1.165) is 10.9 Å². The molecule has 1 amide bonds. The Morgan fingerprint density at radius 3 is 2.62 bits per heavy atom. The zero-order valence-electron chi connectivity index (χ0n) is 10.5. The summed E-state index contributed by atoms with van der Waals surface area (Å²) in [5.41, 5.74) is 1.66. The van der Waals surface area contributed by atoms with Crippen molar-refractivity contribution >= 4 is 57.3 Å². The topological polar surface area (TPSA) is 57.8 Å². The van der Waals surface area contributed by atoms with Gasteiger partial charge in [0.15, 0.2) is 0 Å². The zero-order chi connectivity index (χ0) is 15.0. The molecule has 0 spiro atoms. The maximum Gasteiger partial charge on any atom is 0.255 e. The van der Waals surface area contributed by atoms with Crippen LogP contribution in [0.15, 0.2) is 36.5 Å². The first-order valence-electron chi connectivity index (χ1n) is 5.93. The van der Waals surface area contributed by atoms with Gasteiger partial charge in [0.05, 0.1) is 32.5 Å². The molecule has 106 valence electrons. The van der Waals surface area contributed by atoms with Crippen molar-refractivity contribution < 1.29 is 4.79 Å². The second-order valence-corrected chi connectivity index (χ2v) is 5.59. The van der Waals surface area contributed by atoms with Crippen LogP contribution in [0.4, 0.5) is 5.69 Å². The summed E-state index contributed by atoms with van der Waals surface area (Å²) in [5.74, 6) is -0.299. The second kappa shape index (κ2) is 5.56. The predicted octanol–water partition coefficient (Wildman–Crippen LogP) is 4.78. The zero-order valence-corrected chi connectivity index (χ0v) is 12.7. The molecule has 0 saturated heterocycles. The van der Waals surface area contributed by atoms with Gasteiger partial charge in [0.2, 0.25) is 0 Å². The molecule has 0 aliphatic rings. The fourth-order valence-corrected chi connectivity index (χ4v) is 2.49. The lowest BCUT2D eigenvalue weighted by atomic mass is 10.1. The molecule has 3 rings (SSSR count). The van der Waals surface area contributed by atoms with Gasteiger partial charge in [-0.25, -0.2) is 0 Å². The van der Waals surface area contributed by atoms with Crippen molar-refractivity contribution in [3.63, 3.8) is 0 Å². The van der Waals surface area contributed by atoms with Gasteiger partial charge in [-0.2, -0.15) is 5.10 Å². The fraction of sp³-hybridized carbons (Fsp3) is 0. The SMILES string of the molecule is O=C(Nc1cc(Cl)c(Cl)cc1Cl)c1ccc2cn[nH]c2c1. The minimum Gasteiger partial charge on any atom is -0.321 e. The van der Waals surface area contributed by atoms with Gasteiger partial charge in [-0.05, 0) is 24.3 Å². The monoisotopic (exact) mass is 339 g/mol. The third-order valence-corrected chi connectivity index (χ3v) is 4.00. The highest BCUT2D eigenvalue weighted by Gasteiger charge is 2.12. The van der Waals surface area contributed by atoms with Crippen LogP contribution in [0.2, 0.25) is 15.1 Å². The van der Waals surface area contributed by atoms with Gasteiger partial charge in [-0.3, -0.25) is 9.89 Å². The van der Waals surface area contributed by atoms with Crippen LogP contribution in [0.1, 0.15) is 10.4 Å². The van der Waals surface area contributed by atoms with E-state index in [2.05, 4.69) is 15.5 Å². The van der Waals surface area contributed by atoms with Crippen molar-refractivity contribution in [3.05, 3.63) is 57.2 Å². The molecule has 4 nitrogen and oxygen atoms in total. The van der Waals surface area contributed by atoms with Gasteiger partial charge in [-0.15, -0.1) is 0 Å². The quantitative estimate of drug-likeness (QED) is 0.660. The van der Waals surface area contributed by atoms with E-state index in [-0.39, 0.29) is 5.91 Å². The van der Waals surface area contributed by atoms with E-state index < -0.39 is 0 Å². The van der Waals surface area contributed by atoms with Crippen molar-refractivity contribution in [2.75, 3.05) is 5.32 Å². The third kappa shape index (κ3) is 2.83. The molecule has 1 aromatic heterocycles. The molecule has 0 bridgehead atoms. The van der Waals surface area contributed by atoms with E-state index >= 15 is 0 Å². The van der Waals surface area contributed by atoms with Crippen molar-refractivity contribution in [1.29, 1.82) is 0 Å². The number of aromatic nitrogens is 2. The number of nitrogens with zero attached hydrogens (tertiary/aromatic N) is 1. The molecule has 3 aromatic rings. The van der Waals surface area contributed by atoms with Gasteiger partial charge in [0, 0.05) is 10.9 Å². The number of anilines is 1. The number of nitrogens with one attached hydrogen (secondary N) is 2. The van der Waals surface area contributed by atoms with Gasteiger partial charge in [0.25, 0.3) is 5.91 Å². The van der Waals surface area contributed by atoms with Crippen molar-refractivity contribution in [2.45, 2.75) is 0 Å². The van der Waals surface area contributed by atoms with Crippen LogP contribution in [0, 0.1) is 0 Å². The number of amides is 1. The number of hydrogen-bond donors (Lipinski definition) is 2. The molecule has 0 radical (unpaired) electrons. The fourth-order valence-electron chi connectivity index (χ4n) is 1.89. The van der Waals surface area contributed by atoms with Crippen molar-refractivity contribution in [2.24, 2.45) is 0 Å². The molecule has 2 N–H and O–H groups in total. The molecule has 0 atom stereocenters. The molecular formula is C14H8Cl3N3O. The summed E-state index contributed by atoms with van der Waals surface area (Å²) in [7, 11) is 0. The van der Waals surface area contributed by atoms with E-state index in [1.165, 1.54) is 12.1 Å². The summed E-state index contributed by atoms with van der Waals surface area (Å²) in [6.45, 7) is 0. The maximum atomic E-state index is 12.2. The number of fused-ring (bicyclic) bond motifs is 1. The van der Waals surface area contributed by atoms with E-state index in [1.54, 1.807) is 18.3 Å². The molecule has 0 unspecified atom stereocenters. The third-order valence-electron chi connectivity index (χ3n) is 2.96. The minimum absolute atomic E-state index is 0.299. The van der Waals surface area contributed by atoms with Crippen LogP contribution >= 0.6 is 34.8 Å². The second-order valence-electron chi connectivity index (χ2n) is 4.37. The summed E-state index contributed by atoms with van der Waals surface area (Å²) in [4.78, 5) is 12.2. The summed E-state index contributed by atoms with van der Waals surface area (Å²) in [5, 5.41) is 11.3. The first kappa shape index (κ1) is 14.2. The van der Waals surface area contributed by atoms with E-state index in [9.17, 15) is 4.79 Å². The first-order valence-corrected chi connectivity index (χ1v) is 7.07. The van der Waals surface area contributed by atoms with Crippen LogP contribution < -0.4 is 5.32 Å². The largest absolute Gasteiger partial charge is 0.321 e. The normalized spacial score (nSPS) is 10.8. The van der Waals surface area contributed by atoms with Crippen LogP contribution in [-0.2, 0) is 0 Å². The number of aromatic amines is 1. The van der Waals surface area contributed by atoms with E-state index in [0.29, 0.717) is 26.3 Å². The summed E-state index contributed by atoms with van der Waals surface area (Å²) in [6.07, 6.45) is 1.69. The Morgan fingerprint density at radius 2 is 1.81 bits per heavy atom. The maximum absolute atomic E-state index is 12.2. The molecular weight excluding hydrogens is 333 g/mol. The molecule has 21 heavy (non-hydrogen) atoms. The Bertz CT molecular complexity index is 845. The van der Waals surface area contributed by atoms with Crippen LogP contribution in [-0.4, -0.2) is 16.1 Å². The number of halogens is 3. The molecule has 0 fully saturated rings. The molecule has 1 heterocycles.